The van der Waals surface area contributed by atoms with E-state index < -0.39 is 0 Å². The van der Waals surface area contributed by atoms with Crippen LogP contribution in [0.4, 0.5) is 11.5 Å². The normalized spacial score (nSPS) is 10.3. The summed E-state index contributed by atoms with van der Waals surface area (Å²) >= 11 is 4.90. The first-order valence-corrected chi connectivity index (χ1v) is 9.58. The highest BCUT2D eigenvalue weighted by atomic mass is 79.9. The molecule has 3 rings (SSSR count). The number of hydrogen-bond acceptors (Lipinski definition) is 5. The molecule has 1 heterocycles. The predicted octanol–water partition coefficient (Wildman–Crippen LogP) is 5.55. The van der Waals surface area contributed by atoms with Crippen LogP contribution in [0.2, 0.25) is 0 Å². The van der Waals surface area contributed by atoms with Crippen LogP contribution in [-0.4, -0.2) is 16.2 Å². The van der Waals surface area contributed by atoms with Crippen molar-refractivity contribution in [3.8, 4) is 17.3 Å². The number of hydrogen-bond donors (Lipinski definition) is 1. The van der Waals surface area contributed by atoms with Crippen molar-refractivity contribution in [2.45, 2.75) is 12.1 Å². The predicted molar refractivity (Wildman–Crippen MR) is 106 cm³/mol. The molecule has 0 spiro atoms. The van der Waals surface area contributed by atoms with Gasteiger partial charge in [0.1, 0.15) is 11.6 Å². The number of benzene rings is 2. The van der Waals surface area contributed by atoms with Gasteiger partial charge in [0.2, 0.25) is 0 Å². The zero-order chi connectivity index (χ0) is 17.8. The van der Waals surface area contributed by atoms with Crippen molar-refractivity contribution < 1.29 is 0 Å². The number of nitriles is 1. The van der Waals surface area contributed by atoms with Crippen molar-refractivity contribution in [2.24, 2.45) is 0 Å². The van der Waals surface area contributed by atoms with Gasteiger partial charge in [-0.3, -0.25) is 0 Å². The van der Waals surface area contributed by atoms with E-state index >= 15 is 0 Å². The summed E-state index contributed by atoms with van der Waals surface area (Å²) in [5, 5.41) is 13.6. The Morgan fingerprint density at radius 1 is 1.12 bits per heavy atom. The molecule has 0 aliphatic heterocycles. The standard InChI is InChI=1S/C19H15BrN4S/c1-12-6-8-13(9-7-12)17-16(11-21)18(24-19(23-17)25-2)22-15-5-3-4-14(20)10-15/h3-10H,1-2H3,(H,22,23,24). The molecule has 0 aliphatic rings. The third kappa shape index (κ3) is 4.01. The number of halogens is 1. The van der Waals surface area contributed by atoms with Crippen LogP contribution >= 0.6 is 27.7 Å². The van der Waals surface area contributed by atoms with Crippen molar-refractivity contribution in [2.75, 3.05) is 11.6 Å². The summed E-state index contributed by atoms with van der Waals surface area (Å²) in [6.45, 7) is 2.03. The van der Waals surface area contributed by atoms with E-state index in [-0.39, 0.29) is 0 Å². The average molecular weight is 411 g/mol. The smallest absolute Gasteiger partial charge is 0.189 e. The Morgan fingerprint density at radius 2 is 1.88 bits per heavy atom. The maximum absolute atomic E-state index is 9.73. The Balaban J connectivity index is 2.13. The lowest BCUT2D eigenvalue weighted by atomic mass is 10.1. The lowest BCUT2D eigenvalue weighted by Gasteiger charge is -2.12. The Labute approximate surface area is 159 Å². The highest BCUT2D eigenvalue weighted by molar-refractivity contribution is 9.10. The molecule has 0 radical (unpaired) electrons. The number of anilines is 2. The summed E-state index contributed by atoms with van der Waals surface area (Å²) in [4.78, 5) is 9.06. The number of rotatable bonds is 4. The topological polar surface area (TPSA) is 61.6 Å². The first-order valence-electron chi connectivity index (χ1n) is 7.56. The van der Waals surface area contributed by atoms with E-state index in [4.69, 9.17) is 0 Å². The first kappa shape index (κ1) is 17.5. The number of thioether (sulfide) groups is 1. The number of aromatic nitrogens is 2. The van der Waals surface area contributed by atoms with E-state index in [1.807, 2.05) is 61.7 Å². The third-order valence-electron chi connectivity index (χ3n) is 3.60. The van der Waals surface area contributed by atoms with Crippen molar-refractivity contribution in [3.63, 3.8) is 0 Å². The molecule has 25 heavy (non-hydrogen) atoms. The Kier molecular flexibility index (Phi) is 5.37. The second-order valence-electron chi connectivity index (χ2n) is 5.40. The van der Waals surface area contributed by atoms with Crippen LogP contribution in [0.1, 0.15) is 11.1 Å². The van der Waals surface area contributed by atoms with E-state index in [1.54, 1.807) is 0 Å². The zero-order valence-electron chi connectivity index (χ0n) is 13.7. The van der Waals surface area contributed by atoms with Crippen LogP contribution in [0.15, 0.2) is 58.2 Å². The van der Waals surface area contributed by atoms with Crippen LogP contribution in [0, 0.1) is 18.3 Å². The SMILES string of the molecule is CSc1nc(Nc2cccc(Br)c2)c(C#N)c(-c2ccc(C)cc2)n1. The average Bonchev–Trinajstić information content (AvgIpc) is 2.61. The molecule has 6 heteroatoms. The number of nitrogens with zero attached hydrogens (tertiary/aromatic N) is 3. The summed E-state index contributed by atoms with van der Waals surface area (Å²) in [5.41, 5.74) is 3.98. The highest BCUT2D eigenvalue weighted by Crippen LogP contribution is 2.30. The summed E-state index contributed by atoms with van der Waals surface area (Å²) < 4.78 is 0.953. The van der Waals surface area contributed by atoms with Crippen molar-refractivity contribution in [1.82, 2.24) is 9.97 Å². The monoisotopic (exact) mass is 410 g/mol. The zero-order valence-corrected chi connectivity index (χ0v) is 16.1. The molecule has 1 aromatic heterocycles. The maximum Gasteiger partial charge on any atom is 0.189 e. The molecule has 2 aromatic carbocycles. The minimum absolute atomic E-state index is 0.432. The van der Waals surface area contributed by atoms with Crippen molar-refractivity contribution >= 4 is 39.2 Å². The minimum Gasteiger partial charge on any atom is -0.339 e. The molecule has 0 saturated carbocycles. The van der Waals surface area contributed by atoms with E-state index in [1.165, 1.54) is 11.8 Å². The first-order chi connectivity index (χ1) is 12.1. The number of aryl methyl sites for hydroxylation is 1. The fourth-order valence-corrected chi connectivity index (χ4v) is 3.12. The third-order valence-corrected chi connectivity index (χ3v) is 4.64. The van der Waals surface area contributed by atoms with Crippen LogP contribution in [0.3, 0.4) is 0 Å². The van der Waals surface area contributed by atoms with Gasteiger partial charge in [-0.05, 0) is 31.4 Å². The van der Waals surface area contributed by atoms with Gasteiger partial charge in [0, 0.05) is 15.7 Å². The Bertz CT molecular complexity index is 949. The van der Waals surface area contributed by atoms with Crippen LogP contribution in [-0.2, 0) is 0 Å². The summed E-state index contributed by atoms with van der Waals surface area (Å²) in [6, 6.07) is 18.0. The minimum atomic E-state index is 0.432. The molecule has 0 bridgehead atoms. The van der Waals surface area contributed by atoms with Crippen LogP contribution in [0.5, 0.6) is 0 Å². The molecule has 4 nitrogen and oxygen atoms in total. The molecular weight excluding hydrogens is 396 g/mol. The fourth-order valence-electron chi connectivity index (χ4n) is 2.35. The number of nitrogens with one attached hydrogen (secondary N) is 1. The largest absolute Gasteiger partial charge is 0.339 e. The van der Waals surface area contributed by atoms with Gasteiger partial charge in [-0.15, -0.1) is 0 Å². The van der Waals surface area contributed by atoms with Gasteiger partial charge in [0.15, 0.2) is 11.0 Å². The van der Waals surface area contributed by atoms with Gasteiger partial charge < -0.3 is 5.32 Å². The van der Waals surface area contributed by atoms with Gasteiger partial charge in [-0.2, -0.15) is 5.26 Å². The molecule has 124 valence electrons. The maximum atomic E-state index is 9.73. The van der Waals surface area contributed by atoms with E-state index in [0.717, 1.165) is 21.3 Å². The molecule has 0 amide bonds. The lowest BCUT2D eigenvalue weighted by molar-refractivity contribution is 0.975. The Morgan fingerprint density at radius 3 is 2.52 bits per heavy atom. The van der Waals surface area contributed by atoms with Crippen LogP contribution in [0.25, 0.3) is 11.3 Å². The van der Waals surface area contributed by atoms with Gasteiger partial charge in [0.25, 0.3) is 0 Å². The van der Waals surface area contributed by atoms with Crippen LogP contribution < -0.4 is 5.32 Å². The lowest BCUT2D eigenvalue weighted by Crippen LogP contribution is -2.03. The molecule has 3 aromatic rings. The van der Waals surface area contributed by atoms with E-state index in [9.17, 15) is 5.26 Å². The fraction of sp³-hybridized carbons (Fsp3) is 0.105. The second-order valence-corrected chi connectivity index (χ2v) is 7.08. The van der Waals surface area contributed by atoms with Gasteiger partial charge in [-0.1, -0.05) is 63.6 Å². The van der Waals surface area contributed by atoms with Gasteiger partial charge in [-0.25, -0.2) is 9.97 Å². The molecule has 0 aliphatic carbocycles. The highest BCUT2D eigenvalue weighted by Gasteiger charge is 2.16. The molecule has 0 saturated heterocycles. The quantitative estimate of drug-likeness (QED) is 0.450. The van der Waals surface area contributed by atoms with Gasteiger partial charge in [0.05, 0.1) is 5.69 Å². The van der Waals surface area contributed by atoms with Gasteiger partial charge >= 0.3 is 0 Å². The van der Waals surface area contributed by atoms with E-state index in [2.05, 4.69) is 37.3 Å². The van der Waals surface area contributed by atoms with Crippen molar-refractivity contribution in [3.05, 3.63) is 64.1 Å². The molecular formula is C19H15BrN4S. The second kappa shape index (κ2) is 7.68. The van der Waals surface area contributed by atoms with Crippen molar-refractivity contribution in [1.29, 1.82) is 5.26 Å². The summed E-state index contributed by atoms with van der Waals surface area (Å²) in [5.74, 6) is 0.510. The summed E-state index contributed by atoms with van der Waals surface area (Å²) in [7, 11) is 0. The Hall–Kier alpha value is -2.36. The molecule has 0 unspecified atom stereocenters. The molecule has 1 N–H and O–H groups in total. The van der Waals surface area contributed by atoms with E-state index in [0.29, 0.717) is 22.2 Å². The summed E-state index contributed by atoms with van der Waals surface area (Å²) in [6.07, 6.45) is 1.92. The molecule has 0 atom stereocenters. The molecule has 0 fully saturated rings.